The average molecular weight is 295 g/mol. The van der Waals surface area contributed by atoms with Crippen LogP contribution in [0, 0.1) is 5.92 Å². The Balaban J connectivity index is 1.76. The molecule has 0 aliphatic heterocycles. The molecule has 1 aliphatic carbocycles. The number of carbonyl (C=O) groups excluding carboxylic acids is 1. The van der Waals surface area contributed by atoms with Crippen molar-refractivity contribution in [3.8, 4) is 0 Å². The van der Waals surface area contributed by atoms with Gasteiger partial charge in [0.1, 0.15) is 11.5 Å². The molecule has 2 aromatic heterocycles. The molecule has 2 heterocycles. The zero-order valence-corrected chi connectivity index (χ0v) is 11.4. The highest BCUT2D eigenvalue weighted by molar-refractivity contribution is 5.92. The fraction of sp³-hybridized carbons (Fsp3) is 0.462. The Kier molecular flexibility index (Phi) is 3.44. The molecule has 1 saturated carbocycles. The second kappa shape index (κ2) is 5.27. The van der Waals surface area contributed by atoms with Crippen molar-refractivity contribution in [2.75, 3.05) is 0 Å². The summed E-state index contributed by atoms with van der Waals surface area (Å²) < 4.78 is 27.3. The first-order chi connectivity index (χ1) is 10.1. The maximum absolute atomic E-state index is 12.5. The fourth-order valence-electron chi connectivity index (χ4n) is 2.28. The van der Waals surface area contributed by atoms with Gasteiger partial charge < -0.3 is 9.88 Å². The molecular weight excluding hydrogens is 280 g/mol. The Bertz CT molecular complexity index is 647. The SMILES string of the molecule is Cn1ccnc1[C@@H](NC(=O)c1ccn(C(F)F)n1)C1CC1. The lowest BCUT2D eigenvalue weighted by molar-refractivity contribution is 0.0559. The van der Waals surface area contributed by atoms with Gasteiger partial charge >= 0.3 is 6.55 Å². The molecule has 0 saturated heterocycles. The van der Waals surface area contributed by atoms with E-state index in [1.54, 1.807) is 6.20 Å². The van der Waals surface area contributed by atoms with Gasteiger partial charge in [0.2, 0.25) is 0 Å². The number of hydrogen-bond donors (Lipinski definition) is 1. The highest BCUT2D eigenvalue weighted by atomic mass is 19.3. The normalized spacial score (nSPS) is 16.2. The number of carbonyl (C=O) groups is 1. The van der Waals surface area contributed by atoms with Gasteiger partial charge in [-0.2, -0.15) is 13.9 Å². The van der Waals surface area contributed by atoms with E-state index in [2.05, 4.69) is 15.4 Å². The minimum Gasteiger partial charge on any atom is -0.340 e. The van der Waals surface area contributed by atoms with Gasteiger partial charge in [0.15, 0.2) is 0 Å². The summed E-state index contributed by atoms with van der Waals surface area (Å²) >= 11 is 0. The van der Waals surface area contributed by atoms with Crippen LogP contribution in [0.5, 0.6) is 0 Å². The highest BCUT2D eigenvalue weighted by Crippen LogP contribution is 2.40. The number of alkyl halides is 2. The molecule has 1 atom stereocenters. The summed E-state index contributed by atoms with van der Waals surface area (Å²) in [7, 11) is 1.86. The van der Waals surface area contributed by atoms with Gasteiger partial charge in [0, 0.05) is 25.6 Å². The summed E-state index contributed by atoms with van der Waals surface area (Å²) in [6.07, 6.45) is 6.60. The van der Waals surface area contributed by atoms with Crippen LogP contribution in [-0.4, -0.2) is 25.2 Å². The molecule has 0 aromatic carbocycles. The van der Waals surface area contributed by atoms with Crippen molar-refractivity contribution in [1.29, 1.82) is 0 Å². The minimum atomic E-state index is -2.75. The van der Waals surface area contributed by atoms with Gasteiger partial charge in [0.05, 0.1) is 6.04 Å². The van der Waals surface area contributed by atoms with E-state index in [9.17, 15) is 13.6 Å². The Labute approximate surface area is 119 Å². The van der Waals surface area contributed by atoms with Gasteiger partial charge in [-0.3, -0.25) is 4.79 Å². The van der Waals surface area contributed by atoms with Crippen molar-refractivity contribution in [1.82, 2.24) is 24.6 Å². The molecule has 3 rings (SSSR count). The Morgan fingerprint density at radius 1 is 1.43 bits per heavy atom. The first-order valence-corrected chi connectivity index (χ1v) is 6.67. The van der Waals surface area contributed by atoms with Crippen molar-refractivity contribution >= 4 is 5.91 Å². The lowest BCUT2D eigenvalue weighted by atomic mass is 10.1. The number of amides is 1. The first kappa shape index (κ1) is 13.7. The lowest BCUT2D eigenvalue weighted by Crippen LogP contribution is -2.32. The van der Waals surface area contributed by atoms with Gasteiger partial charge in [-0.15, -0.1) is 0 Å². The Hall–Kier alpha value is -2.25. The molecule has 1 aliphatic rings. The third kappa shape index (κ3) is 2.79. The van der Waals surface area contributed by atoms with Gasteiger partial charge in [-0.25, -0.2) is 9.67 Å². The standard InChI is InChI=1S/C13H15F2N5O/c1-19-7-5-16-11(19)10(8-2-3-8)17-12(21)9-4-6-20(18-9)13(14)15/h4-8,10,13H,2-3H2,1H3,(H,17,21)/t10-/m0/s1. The number of halogens is 2. The van der Waals surface area contributed by atoms with E-state index < -0.39 is 12.5 Å². The molecule has 6 nitrogen and oxygen atoms in total. The van der Waals surface area contributed by atoms with Crippen LogP contribution < -0.4 is 5.32 Å². The second-order valence-corrected chi connectivity index (χ2v) is 5.14. The van der Waals surface area contributed by atoms with E-state index in [4.69, 9.17) is 0 Å². The van der Waals surface area contributed by atoms with Crippen molar-refractivity contribution < 1.29 is 13.6 Å². The maximum Gasteiger partial charge on any atom is 0.333 e. The zero-order valence-electron chi connectivity index (χ0n) is 11.4. The number of rotatable bonds is 5. The maximum atomic E-state index is 12.5. The van der Waals surface area contributed by atoms with Crippen molar-refractivity contribution in [2.24, 2.45) is 13.0 Å². The van der Waals surface area contributed by atoms with E-state index in [1.807, 2.05) is 17.8 Å². The summed E-state index contributed by atoms with van der Waals surface area (Å²) in [4.78, 5) is 16.4. The predicted octanol–water partition coefficient (Wildman–Crippen LogP) is 1.89. The van der Waals surface area contributed by atoms with Crippen LogP contribution in [0.15, 0.2) is 24.7 Å². The predicted molar refractivity (Wildman–Crippen MR) is 69.6 cm³/mol. The number of aryl methyl sites for hydroxylation is 1. The lowest BCUT2D eigenvalue weighted by Gasteiger charge is -2.17. The molecule has 0 unspecified atom stereocenters. The molecule has 1 fully saturated rings. The molecule has 8 heteroatoms. The molecule has 0 spiro atoms. The molecule has 1 amide bonds. The van der Waals surface area contributed by atoms with E-state index >= 15 is 0 Å². The van der Waals surface area contributed by atoms with Crippen LogP contribution in [0.3, 0.4) is 0 Å². The average Bonchev–Trinajstić information content (AvgIpc) is 2.99. The number of imidazole rings is 1. The van der Waals surface area contributed by atoms with Gasteiger partial charge in [-0.1, -0.05) is 0 Å². The van der Waals surface area contributed by atoms with E-state index in [1.165, 1.54) is 6.07 Å². The third-order valence-electron chi connectivity index (χ3n) is 3.56. The quantitative estimate of drug-likeness (QED) is 0.916. The van der Waals surface area contributed by atoms with Crippen molar-refractivity contribution in [3.05, 3.63) is 36.2 Å². The molecular formula is C13H15F2N5O. The van der Waals surface area contributed by atoms with Gasteiger partial charge in [0.25, 0.3) is 5.91 Å². The molecule has 112 valence electrons. The molecule has 21 heavy (non-hydrogen) atoms. The van der Waals surface area contributed by atoms with Crippen LogP contribution in [0.25, 0.3) is 0 Å². The number of aromatic nitrogens is 4. The van der Waals surface area contributed by atoms with Gasteiger partial charge in [-0.05, 0) is 24.8 Å². The van der Waals surface area contributed by atoms with Crippen molar-refractivity contribution in [3.63, 3.8) is 0 Å². The van der Waals surface area contributed by atoms with Crippen LogP contribution in [-0.2, 0) is 7.05 Å². The van der Waals surface area contributed by atoms with Crippen molar-refractivity contribution in [2.45, 2.75) is 25.4 Å². The number of nitrogens with one attached hydrogen (secondary N) is 1. The number of hydrogen-bond acceptors (Lipinski definition) is 3. The molecule has 0 radical (unpaired) electrons. The first-order valence-electron chi connectivity index (χ1n) is 6.67. The minimum absolute atomic E-state index is 0.0184. The van der Waals surface area contributed by atoms with Crippen LogP contribution in [0.2, 0.25) is 0 Å². The third-order valence-corrected chi connectivity index (χ3v) is 3.56. The number of nitrogens with zero attached hydrogens (tertiary/aromatic N) is 4. The molecule has 1 N–H and O–H groups in total. The smallest absolute Gasteiger partial charge is 0.333 e. The topological polar surface area (TPSA) is 64.7 Å². The van der Waals surface area contributed by atoms with E-state index in [0.717, 1.165) is 24.9 Å². The fourth-order valence-corrected chi connectivity index (χ4v) is 2.28. The Morgan fingerprint density at radius 2 is 2.19 bits per heavy atom. The Morgan fingerprint density at radius 3 is 2.71 bits per heavy atom. The summed E-state index contributed by atoms with van der Waals surface area (Å²) in [6.45, 7) is -2.75. The summed E-state index contributed by atoms with van der Waals surface area (Å²) in [5.41, 5.74) is -0.0184. The van der Waals surface area contributed by atoms with Crippen LogP contribution in [0.1, 0.15) is 41.7 Å². The molecule has 0 bridgehead atoms. The molecule has 2 aromatic rings. The highest BCUT2D eigenvalue weighted by Gasteiger charge is 2.36. The van der Waals surface area contributed by atoms with E-state index in [0.29, 0.717) is 10.6 Å². The summed E-state index contributed by atoms with van der Waals surface area (Å²) in [6, 6.07) is 1.07. The monoisotopic (exact) mass is 295 g/mol. The second-order valence-electron chi connectivity index (χ2n) is 5.14. The summed E-state index contributed by atoms with van der Waals surface area (Å²) in [5.74, 6) is 0.640. The van der Waals surface area contributed by atoms with Crippen LogP contribution >= 0.6 is 0 Å². The van der Waals surface area contributed by atoms with E-state index in [-0.39, 0.29) is 11.7 Å². The van der Waals surface area contributed by atoms with Crippen LogP contribution in [0.4, 0.5) is 8.78 Å². The summed E-state index contributed by atoms with van der Waals surface area (Å²) in [5, 5.41) is 6.42. The largest absolute Gasteiger partial charge is 0.340 e. The zero-order chi connectivity index (χ0) is 15.0.